The minimum atomic E-state index is -0.352. The second-order valence-electron chi connectivity index (χ2n) is 7.47. The fourth-order valence-corrected chi connectivity index (χ4v) is 2.09. The Balaban J connectivity index is -0.000000451. The highest BCUT2D eigenvalue weighted by Crippen LogP contribution is 2.09. The fourth-order valence-electron chi connectivity index (χ4n) is 2.09. The smallest absolute Gasteiger partial charge is 0.308 e. The molecule has 0 radical (unpaired) electrons. The molecule has 0 unspecified atom stereocenters. The van der Waals surface area contributed by atoms with Gasteiger partial charge in [-0.3, -0.25) is 29.0 Å². The van der Waals surface area contributed by atoms with Crippen LogP contribution >= 0.6 is 0 Å². The van der Waals surface area contributed by atoms with E-state index in [1.165, 1.54) is 14.2 Å². The van der Waals surface area contributed by atoms with Crippen LogP contribution in [-0.4, -0.2) is 87.8 Å². The number of esters is 2. The Morgan fingerprint density at radius 1 is 0.655 bits per heavy atom. The summed E-state index contributed by atoms with van der Waals surface area (Å²) in [6.07, 6.45) is 0.484. The zero-order valence-corrected chi connectivity index (χ0v) is 19.1. The number of rotatable bonds is 10. The number of likely N-dealkylation sites (N-methyl/N-ethyl adjacent to an activating group) is 2. The molecule has 0 fully saturated rings. The molecule has 0 aromatic carbocycles. The first-order chi connectivity index (χ1) is 12.8. The van der Waals surface area contributed by atoms with Gasteiger partial charge in [0.25, 0.3) is 0 Å². The van der Waals surface area contributed by atoms with E-state index in [0.29, 0.717) is 0 Å². The Hall–Kier alpha value is -1.80. The van der Waals surface area contributed by atoms with Crippen LogP contribution in [0.1, 0.15) is 48.0 Å². The molecule has 0 spiro atoms. The molecule has 0 aliphatic heterocycles. The molecule has 0 saturated carbocycles. The predicted molar refractivity (Wildman–Crippen MR) is 115 cm³/mol. The molecule has 172 valence electrons. The van der Waals surface area contributed by atoms with Gasteiger partial charge in [0.05, 0.1) is 38.1 Å². The minimum Gasteiger partial charge on any atom is -0.469 e. The predicted octanol–water partition coefficient (Wildman–Crippen LogP) is 2.05. The lowest BCUT2D eigenvalue weighted by Gasteiger charge is -2.19. The maximum Gasteiger partial charge on any atom is 0.308 e. The van der Waals surface area contributed by atoms with Gasteiger partial charge in [-0.2, -0.15) is 0 Å². The van der Waals surface area contributed by atoms with E-state index in [0.717, 1.165) is 0 Å². The maximum atomic E-state index is 11.6. The number of hydrogen-bond donors (Lipinski definition) is 0. The van der Waals surface area contributed by atoms with E-state index in [9.17, 15) is 19.2 Å². The summed E-state index contributed by atoms with van der Waals surface area (Å²) in [7, 11) is 10.0. The number of carbonyl (C=O) groups is 4. The van der Waals surface area contributed by atoms with Gasteiger partial charge < -0.3 is 9.47 Å². The van der Waals surface area contributed by atoms with Crippen LogP contribution in [0.2, 0.25) is 0 Å². The molecule has 0 rings (SSSR count). The van der Waals surface area contributed by atoms with Crippen molar-refractivity contribution >= 4 is 23.5 Å². The van der Waals surface area contributed by atoms with Crippen LogP contribution in [0.15, 0.2) is 0 Å². The van der Waals surface area contributed by atoms with Crippen molar-refractivity contribution in [3.8, 4) is 0 Å². The van der Waals surface area contributed by atoms with Gasteiger partial charge in [0, 0.05) is 12.8 Å². The van der Waals surface area contributed by atoms with Crippen LogP contribution in [0.3, 0.4) is 0 Å². The van der Waals surface area contributed by atoms with Gasteiger partial charge in [0.1, 0.15) is 0 Å². The van der Waals surface area contributed by atoms with Crippen LogP contribution < -0.4 is 0 Å². The first-order valence-electron chi connectivity index (χ1n) is 9.33. The van der Waals surface area contributed by atoms with E-state index >= 15 is 0 Å². The first kappa shape index (κ1) is 31.9. The highest BCUT2D eigenvalue weighted by Gasteiger charge is 2.23. The van der Waals surface area contributed by atoms with E-state index in [4.69, 9.17) is 0 Å². The van der Waals surface area contributed by atoms with Crippen molar-refractivity contribution < 1.29 is 28.7 Å². The molecule has 0 aromatic heterocycles. The standard InChI is InChI=1S/2C10H19NO3.CH4/c2*1-7(10(13)14-5)6-9(12)8(2)11(3)4;/h2*7-8H,6H2,1-5H3;1H4/t7-,8+;7-,8-;/m10./s1. The molecule has 0 N–H and O–H groups in total. The molecule has 0 aromatic rings. The second-order valence-corrected chi connectivity index (χ2v) is 7.47. The van der Waals surface area contributed by atoms with Crippen molar-refractivity contribution in [3.05, 3.63) is 0 Å². The molecule has 0 bridgehead atoms. The average molecular weight is 419 g/mol. The maximum absolute atomic E-state index is 11.6. The lowest BCUT2D eigenvalue weighted by molar-refractivity contribution is -0.147. The van der Waals surface area contributed by atoms with Crippen molar-refractivity contribution in [2.75, 3.05) is 42.4 Å². The molecule has 0 amide bonds. The number of carbonyl (C=O) groups excluding carboxylic acids is 4. The van der Waals surface area contributed by atoms with Gasteiger partial charge >= 0.3 is 11.9 Å². The second kappa shape index (κ2) is 16.0. The SMILES string of the molecule is C.COC(=O)[C@@H](C)CC(=O)[C@H](C)N(C)C.COC(=O)[C@H](C)CC(=O)[C@H](C)N(C)C. The normalized spacial score (nSPS) is 14.5. The third-order valence-corrected chi connectivity index (χ3v) is 4.70. The summed E-state index contributed by atoms with van der Waals surface area (Å²) in [5.74, 6) is -1.24. The molecule has 0 aliphatic carbocycles. The molecule has 0 aliphatic rings. The molecule has 8 nitrogen and oxygen atoms in total. The van der Waals surface area contributed by atoms with Crippen molar-refractivity contribution in [2.45, 2.75) is 60.0 Å². The molecular formula is C21H42N2O6. The highest BCUT2D eigenvalue weighted by molar-refractivity contribution is 5.88. The Kier molecular flexibility index (Phi) is 17.6. The van der Waals surface area contributed by atoms with Crippen LogP contribution in [0.25, 0.3) is 0 Å². The largest absolute Gasteiger partial charge is 0.469 e. The van der Waals surface area contributed by atoms with Gasteiger partial charge in [-0.1, -0.05) is 21.3 Å². The molecule has 4 atom stereocenters. The number of hydrogen-bond acceptors (Lipinski definition) is 8. The summed E-state index contributed by atoms with van der Waals surface area (Å²) < 4.78 is 9.10. The van der Waals surface area contributed by atoms with Crippen molar-refractivity contribution in [1.82, 2.24) is 9.80 Å². The van der Waals surface area contributed by atoms with E-state index in [1.54, 1.807) is 13.8 Å². The number of nitrogens with zero attached hydrogens (tertiary/aromatic N) is 2. The van der Waals surface area contributed by atoms with Crippen LogP contribution in [0.4, 0.5) is 0 Å². The molecular weight excluding hydrogens is 376 g/mol. The van der Waals surface area contributed by atoms with Crippen LogP contribution in [0.5, 0.6) is 0 Å². The van der Waals surface area contributed by atoms with Crippen LogP contribution in [-0.2, 0) is 28.7 Å². The number of ketones is 2. The summed E-state index contributed by atoms with van der Waals surface area (Å²) in [6.45, 7) is 7.05. The summed E-state index contributed by atoms with van der Waals surface area (Å²) in [6, 6.07) is -0.302. The lowest BCUT2D eigenvalue weighted by Crippen LogP contribution is -2.34. The zero-order valence-electron chi connectivity index (χ0n) is 19.1. The Morgan fingerprint density at radius 3 is 1.07 bits per heavy atom. The first-order valence-corrected chi connectivity index (χ1v) is 9.33. The Labute approximate surface area is 176 Å². The third kappa shape index (κ3) is 13.1. The summed E-state index contributed by atoms with van der Waals surface area (Å²) in [5, 5.41) is 0. The van der Waals surface area contributed by atoms with E-state index in [1.807, 2.05) is 51.8 Å². The van der Waals surface area contributed by atoms with Crippen molar-refractivity contribution in [3.63, 3.8) is 0 Å². The van der Waals surface area contributed by atoms with E-state index < -0.39 is 0 Å². The van der Waals surface area contributed by atoms with Crippen molar-refractivity contribution in [1.29, 1.82) is 0 Å². The van der Waals surface area contributed by atoms with Gasteiger partial charge in [0.2, 0.25) is 0 Å². The fraction of sp³-hybridized carbons (Fsp3) is 0.810. The summed E-state index contributed by atoms with van der Waals surface area (Å²) >= 11 is 0. The van der Waals surface area contributed by atoms with E-state index in [-0.39, 0.29) is 67.7 Å². The monoisotopic (exact) mass is 418 g/mol. The number of methoxy groups -OCH3 is 2. The van der Waals surface area contributed by atoms with Gasteiger partial charge in [-0.05, 0) is 42.0 Å². The average Bonchev–Trinajstić information content (AvgIpc) is 2.64. The molecule has 29 heavy (non-hydrogen) atoms. The topological polar surface area (TPSA) is 93.2 Å². The molecule has 0 saturated heterocycles. The lowest BCUT2D eigenvalue weighted by atomic mass is 10.0. The number of Topliss-reactive ketones (excluding diaryl/α,β-unsaturated/α-hetero) is 2. The summed E-state index contributed by atoms with van der Waals surface area (Å²) in [5.41, 5.74) is 0. The van der Waals surface area contributed by atoms with Gasteiger partial charge in [-0.15, -0.1) is 0 Å². The molecule has 8 heteroatoms. The number of ether oxygens (including phenoxy) is 2. The quantitative estimate of drug-likeness (QED) is 0.498. The van der Waals surface area contributed by atoms with Gasteiger partial charge in [-0.25, -0.2) is 0 Å². The minimum absolute atomic E-state index is 0. The van der Waals surface area contributed by atoms with E-state index in [2.05, 4.69) is 9.47 Å². The Bertz CT molecular complexity index is 473. The summed E-state index contributed by atoms with van der Waals surface area (Å²) in [4.78, 5) is 48.9. The zero-order chi connectivity index (χ0) is 22.6. The highest BCUT2D eigenvalue weighted by atomic mass is 16.5. The molecule has 0 heterocycles. The van der Waals surface area contributed by atoms with Gasteiger partial charge in [0.15, 0.2) is 11.6 Å². The third-order valence-electron chi connectivity index (χ3n) is 4.70. The van der Waals surface area contributed by atoms with Crippen molar-refractivity contribution in [2.24, 2.45) is 11.8 Å². The van der Waals surface area contributed by atoms with Crippen LogP contribution in [0, 0.1) is 11.8 Å². The Morgan fingerprint density at radius 2 is 0.897 bits per heavy atom.